The van der Waals surface area contributed by atoms with Gasteiger partial charge in [0.2, 0.25) is 0 Å². The summed E-state index contributed by atoms with van der Waals surface area (Å²) < 4.78 is 5.03. The monoisotopic (exact) mass is 186 g/mol. The molecule has 0 aliphatic carbocycles. The quantitative estimate of drug-likeness (QED) is 0.596. The van der Waals surface area contributed by atoms with Crippen molar-refractivity contribution >= 4 is 5.97 Å². The zero-order chi connectivity index (χ0) is 10.3. The molecule has 0 rings (SSSR count). The average Bonchev–Trinajstić information content (AvgIpc) is 2.11. The molecule has 0 heterocycles. The summed E-state index contributed by atoms with van der Waals surface area (Å²) in [4.78, 5) is 10.8. The second-order valence-corrected chi connectivity index (χ2v) is 3.78. The third-order valence-electron chi connectivity index (χ3n) is 2.51. The lowest BCUT2D eigenvalue weighted by Crippen LogP contribution is -2.13. The van der Waals surface area contributed by atoms with Crippen molar-refractivity contribution in [3.05, 3.63) is 0 Å². The molecule has 78 valence electrons. The maximum atomic E-state index is 10.8. The highest BCUT2D eigenvalue weighted by Crippen LogP contribution is 2.18. The molecule has 0 spiro atoms. The Kier molecular flexibility index (Phi) is 6.65. The van der Waals surface area contributed by atoms with Gasteiger partial charge in [-0.25, -0.2) is 0 Å². The summed E-state index contributed by atoms with van der Waals surface area (Å²) in [6, 6.07) is 0. The molecule has 1 atom stereocenters. The second-order valence-electron chi connectivity index (χ2n) is 3.78. The minimum Gasteiger partial charge on any atom is -0.466 e. The van der Waals surface area contributed by atoms with Crippen LogP contribution in [0.1, 0.15) is 47.0 Å². The van der Waals surface area contributed by atoms with Crippen LogP contribution in [0.4, 0.5) is 0 Å². The van der Waals surface area contributed by atoms with Crippen LogP contribution in [0, 0.1) is 11.8 Å². The van der Waals surface area contributed by atoms with E-state index in [1.807, 2.05) is 6.92 Å². The summed E-state index contributed by atoms with van der Waals surface area (Å²) in [6.45, 7) is 9.03. The molecule has 1 unspecified atom stereocenters. The molecular weight excluding hydrogens is 164 g/mol. The fraction of sp³-hybridized carbons (Fsp3) is 0.909. The molecule has 0 radical (unpaired) electrons. The Balaban J connectivity index is 3.55. The smallest absolute Gasteiger partial charge is 0.305 e. The Labute approximate surface area is 81.7 Å². The molecule has 0 aliphatic rings. The van der Waals surface area contributed by atoms with E-state index in [1.165, 1.54) is 6.42 Å². The molecule has 0 aliphatic heterocycles. The molecule has 0 saturated carbocycles. The summed E-state index contributed by atoms with van der Waals surface area (Å²) in [5.41, 5.74) is 0. The van der Waals surface area contributed by atoms with E-state index in [9.17, 15) is 4.79 Å². The fourth-order valence-corrected chi connectivity index (χ4v) is 1.44. The number of carbonyl (C=O) groups excluding carboxylic acids is 1. The summed E-state index contributed by atoms with van der Waals surface area (Å²) in [5, 5.41) is 0. The molecule has 0 bridgehead atoms. The predicted molar refractivity (Wildman–Crippen MR) is 54.5 cm³/mol. The number of carbonyl (C=O) groups is 1. The summed E-state index contributed by atoms with van der Waals surface area (Å²) >= 11 is 0. The molecule has 13 heavy (non-hydrogen) atoms. The first kappa shape index (κ1) is 12.5. The zero-order valence-corrected chi connectivity index (χ0v) is 9.30. The van der Waals surface area contributed by atoms with Gasteiger partial charge in [0.05, 0.1) is 6.61 Å². The second kappa shape index (κ2) is 6.93. The van der Waals surface area contributed by atoms with E-state index < -0.39 is 0 Å². The minimum atomic E-state index is -0.0846. The van der Waals surface area contributed by atoms with E-state index in [-0.39, 0.29) is 5.97 Å². The number of hydrogen-bond donors (Lipinski definition) is 0. The Morgan fingerprint density at radius 1 is 1.31 bits per heavy atom. The summed E-state index contributed by atoms with van der Waals surface area (Å²) in [5.74, 6) is 1.29. The van der Waals surface area contributed by atoms with Gasteiger partial charge in [-0.1, -0.05) is 34.1 Å². The fourth-order valence-electron chi connectivity index (χ4n) is 1.44. The lowest BCUT2D eigenvalue weighted by molar-refractivity contribution is -0.143. The maximum Gasteiger partial charge on any atom is 0.305 e. The van der Waals surface area contributed by atoms with Gasteiger partial charge in [-0.15, -0.1) is 0 Å². The number of esters is 1. The zero-order valence-electron chi connectivity index (χ0n) is 9.30. The lowest BCUT2D eigenvalue weighted by atomic mass is 9.91. The van der Waals surface area contributed by atoms with Crippen LogP contribution >= 0.6 is 0 Å². The molecule has 0 saturated heterocycles. The van der Waals surface area contributed by atoms with Gasteiger partial charge in [0.15, 0.2) is 0 Å². The van der Waals surface area contributed by atoms with Crippen LogP contribution in [0.15, 0.2) is 0 Å². The van der Waals surface area contributed by atoms with Gasteiger partial charge in [-0.2, -0.15) is 0 Å². The Morgan fingerprint density at radius 2 is 1.92 bits per heavy atom. The van der Waals surface area contributed by atoms with Crippen molar-refractivity contribution in [2.24, 2.45) is 11.8 Å². The molecule has 0 aromatic heterocycles. The molecule has 0 aromatic carbocycles. The van der Waals surface area contributed by atoms with Gasteiger partial charge in [0.1, 0.15) is 0 Å². The minimum absolute atomic E-state index is 0.0846. The standard InChI is InChI=1S/C11H22O2/c1-5-10(9(3)4)7-8-13-11(12)6-2/h9-10H,5-8H2,1-4H3. The van der Waals surface area contributed by atoms with E-state index in [0.717, 1.165) is 6.42 Å². The van der Waals surface area contributed by atoms with Crippen LogP contribution in [0.5, 0.6) is 0 Å². The third-order valence-corrected chi connectivity index (χ3v) is 2.51. The van der Waals surface area contributed by atoms with Crippen molar-refractivity contribution in [1.82, 2.24) is 0 Å². The van der Waals surface area contributed by atoms with Crippen molar-refractivity contribution in [2.45, 2.75) is 47.0 Å². The number of ether oxygens (including phenoxy) is 1. The van der Waals surface area contributed by atoms with Crippen LogP contribution in [0.3, 0.4) is 0 Å². The van der Waals surface area contributed by atoms with Gasteiger partial charge in [0.25, 0.3) is 0 Å². The summed E-state index contributed by atoms with van der Waals surface area (Å²) in [6.07, 6.45) is 2.65. The van der Waals surface area contributed by atoms with E-state index in [2.05, 4.69) is 20.8 Å². The van der Waals surface area contributed by atoms with Crippen molar-refractivity contribution in [2.75, 3.05) is 6.61 Å². The SMILES string of the molecule is CCC(=O)OCCC(CC)C(C)C. The molecule has 0 aromatic rings. The van der Waals surface area contributed by atoms with Crippen LogP contribution in [-0.2, 0) is 9.53 Å². The largest absolute Gasteiger partial charge is 0.466 e. The van der Waals surface area contributed by atoms with Gasteiger partial charge < -0.3 is 4.74 Å². The molecule has 0 N–H and O–H groups in total. The summed E-state index contributed by atoms with van der Waals surface area (Å²) in [7, 11) is 0. The van der Waals surface area contributed by atoms with Crippen molar-refractivity contribution < 1.29 is 9.53 Å². The van der Waals surface area contributed by atoms with Gasteiger partial charge >= 0.3 is 5.97 Å². The van der Waals surface area contributed by atoms with Crippen LogP contribution in [-0.4, -0.2) is 12.6 Å². The predicted octanol–water partition coefficient (Wildman–Crippen LogP) is 3.01. The number of rotatable bonds is 6. The van der Waals surface area contributed by atoms with Crippen LogP contribution in [0.2, 0.25) is 0 Å². The highest BCUT2D eigenvalue weighted by Gasteiger charge is 2.11. The first-order chi connectivity index (χ1) is 6.11. The van der Waals surface area contributed by atoms with Crippen molar-refractivity contribution in [3.63, 3.8) is 0 Å². The van der Waals surface area contributed by atoms with E-state index in [1.54, 1.807) is 0 Å². The van der Waals surface area contributed by atoms with E-state index in [0.29, 0.717) is 24.9 Å². The van der Waals surface area contributed by atoms with Gasteiger partial charge in [-0.05, 0) is 18.3 Å². The maximum absolute atomic E-state index is 10.8. The highest BCUT2D eigenvalue weighted by molar-refractivity contribution is 5.68. The first-order valence-corrected chi connectivity index (χ1v) is 5.27. The Hall–Kier alpha value is -0.530. The lowest BCUT2D eigenvalue weighted by Gasteiger charge is -2.18. The van der Waals surface area contributed by atoms with Gasteiger partial charge in [-0.3, -0.25) is 4.79 Å². The highest BCUT2D eigenvalue weighted by atomic mass is 16.5. The molecule has 2 nitrogen and oxygen atoms in total. The Morgan fingerprint density at radius 3 is 2.31 bits per heavy atom. The molecule has 0 fully saturated rings. The molecular formula is C11H22O2. The topological polar surface area (TPSA) is 26.3 Å². The van der Waals surface area contributed by atoms with E-state index >= 15 is 0 Å². The van der Waals surface area contributed by atoms with Gasteiger partial charge in [0, 0.05) is 6.42 Å². The normalized spacial score (nSPS) is 13.0. The van der Waals surface area contributed by atoms with E-state index in [4.69, 9.17) is 4.74 Å². The molecule has 0 amide bonds. The van der Waals surface area contributed by atoms with Crippen molar-refractivity contribution in [1.29, 1.82) is 0 Å². The average molecular weight is 186 g/mol. The first-order valence-electron chi connectivity index (χ1n) is 5.27. The number of hydrogen-bond acceptors (Lipinski definition) is 2. The van der Waals surface area contributed by atoms with Crippen LogP contribution < -0.4 is 0 Å². The van der Waals surface area contributed by atoms with Crippen molar-refractivity contribution in [3.8, 4) is 0 Å². The molecule has 2 heteroatoms. The third kappa shape index (κ3) is 5.67. The Bertz CT molecular complexity index is 141. The van der Waals surface area contributed by atoms with Crippen LogP contribution in [0.25, 0.3) is 0 Å².